The minimum absolute atomic E-state index is 0.225. The standard InChI is InChI=1S/C14H19N3O3/c1-4-20-14(18)8-6-12(16-17-15)11-5-7-13(19-3)10(2)9-11/h5,7,9,12H,4,6,8H2,1-3H3. The Balaban J connectivity index is 2.83. The number of hydrogen-bond acceptors (Lipinski definition) is 4. The maximum absolute atomic E-state index is 11.4. The van der Waals surface area contributed by atoms with Crippen LogP contribution in [0.1, 0.15) is 36.9 Å². The monoisotopic (exact) mass is 277 g/mol. The van der Waals surface area contributed by atoms with Crippen molar-refractivity contribution in [2.24, 2.45) is 5.11 Å². The molecule has 0 saturated heterocycles. The van der Waals surface area contributed by atoms with Gasteiger partial charge < -0.3 is 9.47 Å². The molecule has 0 bridgehead atoms. The zero-order valence-corrected chi connectivity index (χ0v) is 12.0. The van der Waals surface area contributed by atoms with E-state index in [2.05, 4.69) is 10.0 Å². The van der Waals surface area contributed by atoms with Crippen LogP contribution in [0.5, 0.6) is 5.75 Å². The van der Waals surface area contributed by atoms with Gasteiger partial charge in [0.2, 0.25) is 0 Å². The molecule has 0 aliphatic heterocycles. The number of benzene rings is 1. The predicted molar refractivity (Wildman–Crippen MR) is 75.5 cm³/mol. The van der Waals surface area contributed by atoms with E-state index in [9.17, 15) is 4.79 Å². The summed E-state index contributed by atoms with van der Waals surface area (Å²) in [5.74, 6) is 0.495. The summed E-state index contributed by atoms with van der Waals surface area (Å²) in [4.78, 5) is 14.2. The van der Waals surface area contributed by atoms with Crippen LogP contribution in [0.2, 0.25) is 0 Å². The number of rotatable bonds is 7. The quantitative estimate of drug-likeness (QED) is 0.329. The van der Waals surface area contributed by atoms with Crippen LogP contribution in [0.25, 0.3) is 10.4 Å². The first-order valence-electron chi connectivity index (χ1n) is 6.46. The van der Waals surface area contributed by atoms with E-state index in [4.69, 9.17) is 15.0 Å². The number of aryl methyl sites for hydroxylation is 1. The van der Waals surface area contributed by atoms with Crippen LogP contribution in [-0.4, -0.2) is 19.7 Å². The summed E-state index contributed by atoms with van der Waals surface area (Å²) in [7, 11) is 1.60. The predicted octanol–water partition coefficient (Wildman–Crippen LogP) is 3.70. The molecule has 0 amide bonds. The molecule has 0 saturated carbocycles. The molecule has 1 aromatic carbocycles. The number of ether oxygens (including phenoxy) is 2. The van der Waals surface area contributed by atoms with E-state index in [1.165, 1.54) is 0 Å². The molecule has 0 aliphatic carbocycles. The van der Waals surface area contributed by atoms with Gasteiger partial charge in [-0.1, -0.05) is 17.2 Å². The summed E-state index contributed by atoms with van der Waals surface area (Å²) in [5, 5.41) is 3.76. The van der Waals surface area contributed by atoms with Gasteiger partial charge >= 0.3 is 5.97 Å². The van der Waals surface area contributed by atoms with Crippen molar-refractivity contribution in [1.82, 2.24) is 0 Å². The van der Waals surface area contributed by atoms with Gasteiger partial charge in [-0.3, -0.25) is 4.79 Å². The molecule has 1 aromatic rings. The zero-order valence-electron chi connectivity index (χ0n) is 12.0. The summed E-state index contributed by atoms with van der Waals surface area (Å²) in [6, 6.07) is 5.20. The minimum Gasteiger partial charge on any atom is -0.496 e. The molecule has 20 heavy (non-hydrogen) atoms. The number of carbonyl (C=O) groups is 1. The summed E-state index contributed by atoms with van der Waals surface area (Å²) < 4.78 is 10.1. The van der Waals surface area contributed by atoms with Crippen molar-refractivity contribution in [3.8, 4) is 5.75 Å². The van der Waals surface area contributed by atoms with Crippen LogP contribution in [0.4, 0.5) is 0 Å². The van der Waals surface area contributed by atoms with E-state index in [1.54, 1.807) is 14.0 Å². The van der Waals surface area contributed by atoms with E-state index >= 15 is 0 Å². The molecule has 0 heterocycles. The number of azide groups is 1. The molecule has 0 spiro atoms. The highest BCUT2D eigenvalue weighted by atomic mass is 16.5. The second-order valence-electron chi connectivity index (χ2n) is 4.29. The Morgan fingerprint density at radius 3 is 2.80 bits per heavy atom. The number of carbonyl (C=O) groups excluding carboxylic acids is 1. The van der Waals surface area contributed by atoms with Crippen LogP contribution >= 0.6 is 0 Å². The molecule has 0 aromatic heterocycles. The van der Waals surface area contributed by atoms with Gasteiger partial charge in [-0.25, -0.2) is 0 Å². The highest BCUT2D eigenvalue weighted by Crippen LogP contribution is 2.28. The fourth-order valence-electron chi connectivity index (χ4n) is 1.95. The zero-order chi connectivity index (χ0) is 15.0. The fraction of sp³-hybridized carbons (Fsp3) is 0.500. The van der Waals surface area contributed by atoms with E-state index in [-0.39, 0.29) is 18.4 Å². The highest BCUT2D eigenvalue weighted by Gasteiger charge is 2.14. The average molecular weight is 277 g/mol. The number of esters is 1. The lowest BCUT2D eigenvalue weighted by molar-refractivity contribution is -0.143. The van der Waals surface area contributed by atoms with Crippen molar-refractivity contribution in [3.63, 3.8) is 0 Å². The average Bonchev–Trinajstić information content (AvgIpc) is 2.43. The largest absolute Gasteiger partial charge is 0.496 e. The summed E-state index contributed by atoms with van der Waals surface area (Å²) >= 11 is 0. The first kappa shape index (κ1) is 15.9. The maximum Gasteiger partial charge on any atom is 0.305 e. The van der Waals surface area contributed by atoms with Crippen LogP contribution < -0.4 is 4.74 Å². The Kier molecular flexibility index (Phi) is 6.40. The van der Waals surface area contributed by atoms with Gasteiger partial charge in [-0.2, -0.15) is 0 Å². The summed E-state index contributed by atoms with van der Waals surface area (Å²) in [5.41, 5.74) is 10.5. The minimum atomic E-state index is -0.381. The lowest BCUT2D eigenvalue weighted by atomic mass is 10.0. The molecule has 6 heteroatoms. The SMILES string of the molecule is CCOC(=O)CCC(N=[N+]=[N-])c1ccc(OC)c(C)c1. The van der Waals surface area contributed by atoms with E-state index in [1.807, 2.05) is 25.1 Å². The van der Waals surface area contributed by atoms with Crippen molar-refractivity contribution >= 4 is 5.97 Å². The number of nitrogens with zero attached hydrogens (tertiary/aromatic N) is 3. The first-order valence-corrected chi connectivity index (χ1v) is 6.46. The van der Waals surface area contributed by atoms with Gasteiger partial charge in [0.1, 0.15) is 5.75 Å². The molecule has 0 fully saturated rings. The van der Waals surface area contributed by atoms with Gasteiger partial charge in [-0.15, -0.1) is 0 Å². The van der Waals surface area contributed by atoms with Crippen molar-refractivity contribution in [2.45, 2.75) is 32.7 Å². The Morgan fingerprint density at radius 2 is 2.25 bits per heavy atom. The molecule has 0 aliphatic rings. The molecule has 0 radical (unpaired) electrons. The van der Waals surface area contributed by atoms with Crippen molar-refractivity contribution in [2.75, 3.05) is 13.7 Å². The van der Waals surface area contributed by atoms with Crippen molar-refractivity contribution in [3.05, 3.63) is 39.8 Å². The maximum atomic E-state index is 11.4. The van der Waals surface area contributed by atoms with E-state index < -0.39 is 0 Å². The second kappa shape index (κ2) is 8.07. The van der Waals surface area contributed by atoms with Gasteiger partial charge in [0.05, 0.1) is 19.8 Å². The topological polar surface area (TPSA) is 84.3 Å². The Morgan fingerprint density at radius 1 is 1.50 bits per heavy atom. The molecule has 1 rings (SSSR count). The van der Waals surface area contributed by atoms with Gasteiger partial charge in [0.15, 0.2) is 0 Å². The molecule has 0 N–H and O–H groups in total. The molecular weight excluding hydrogens is 258 g/mol. The van der Waals surface area contributed by atoms with E-state index in [0.717, 1.165) is 16.9 Å². The molecular formula is C14H19N3O3. The lowest BCUT2D eigenvalue weighted by Gasteiger charge is -2.13. The summed E-state index contributed by atoms with van der Waals surface area (Å²) in [6.07, 6.45) is 0.650. The van der Waals surface area contributed by atoms with Crippen LogP contribution in [0, 0.1) is 6.92 Å². The molecule has 1 atom stereocenters. The van der Waals surface area contributed by atoms with Crippen molar-refractivity contribution in [1.29, 1.82) is 0 Å². The van der Waals surface area contributed by atoms with Gasteiger partial charge in [0, 0.05) is 11.3 Å². The van der Waals surface area contributed by atoms with E-state index in [0.29, 0.717) is 13.0 Å². The third-order valence-corrected chi connectivity index (χ3v) is 2.92. The summed E-state index contributed by atoms with van der Waals surface area (Å²) in [6.45, 7) is 4.03. The molecule has 108 valence electrons. The smallest absolute Gasteiger partial charge is 0.305 e. The normalized spacial score (nSPS) is 11.3. The molecule has 1 unspecified atom stereocenters. The third kappa shape index (κ3) is 4.48. The number of methoxy groups -OCH3 is 1. The van der Waals surface area contributed by atoms with Crippen LogP contribution in [0.3, 0.4) is 0 Å². The Bertz CT molecular complexity index is 510. The number of hydrogen-bond donors (Lipinski definition) is 0. The molecule has 6 nitrogen and oxygen atoms in total. The third-order valence-electron chi connectivity index (χ3n) is 2.92. The van der Waals surface area contributed by atoms with Crippen LogP contribution in [-0.2, 0) is 9.53 Å². The Labute approximate surface area is 118 Å². The first-order chi connectivity index (χ1) is 9.62. The van der Waals surface area contributed by atoms with Gasteiger partial charge in [-0.05, 0) is 43.0 Å². The second-order valence-corrected chi connectivity index (χ2v) is 4.29. The highest BCUT2D eigenvalue weighted by molar-refractivity contribution is 5.69. The fourth-order valence-corrected chi connectivity index (χ4v) is 1.95. The lowest BCUT2D eigenvalue weighted by Crippen LogP contribution is -2.06. The van der Waals surface area contributed by atoms with Gasteiger partial charge in [0.25, 0.3) is 0 Å². The Hall–Kier alpha value is -2.20. The van der Waals surface area contributed by atoms with Crippen molar-refractivity contribution < 1.29 is 14.3 Å². The van der Waals surface area contributed by atoms with Crippen LogP contribution in [0.15, 0.2) is 23.3 Å².